The molecule has 39 heavy (non-hydrogen) atoms. The Hall–Kier alpha value is -2.08. The van der Waals surface area contributed by atoms with Crippen LogP contribution in [0.25, 0.3) is 11.1 Å². The van der Waals surface area contributed by atoms with Gasteiger partial charge in [0.15, 0.2) is 0 Å². The van der Waals surface area contributed by atoms with Gasteiger partial charge in [0.05, 0.1) is 0 Å². The summed E-state index contributed by atoms with van der Waals surface area (Å²) in [5.41, 5.74) is 14.9. The average molecular weight is 521 g/mol. The molecule has 0 bridgehead atoms. The Morgan fingerprint density at radius 1 is 0.718 bits per heavy atom. The minimum Gasteiger partial charge on any atom is -0.0625 e. The lowest BCUT2D eigenvalue weighted by atomic mass is 9.57. The van der Waals surface area contributed by atoms with Crippen molar-refractivity contribution in [3.8, 4) is 11.1 Å². The first-order valence-corrected chi connectivity index (χ1v) is 15.7. The van der Waals surface area contributed by atoms with Gasteiger partial charge in [-0.1, -0.05) is 136 Å². The molecule has 1 saturated carbocycles. The van der Waals surface area contributed by atoms with E-state index in [1.807, 2.05) is 5.57 Å². The normalized spacial score (nSPS) is 28.8. The van der Waals surface area contributed by atoms with Gasteiger partial charge in [0.25, 0.3) is 0 Å². The van der Waals surface area contributed by atoms with Crippen LogP contribution in [0.4, 0.5) is 0 Å². The van der Waals surface area contributed by atoms with Gasteiger partial charge in [-0.3, -0.25) is 0 Å². The third-order valence-corrected chi connectivity index (χ3v) is 11.3. The number of allylic oxidation sites excluding steroid dienone is 4. The molecule has 2 aromatic rings. The summed E-state index contributed by atoms with van der Waals surface area (Å²) in [4.78, 5) is 0. The fraction of sp³-hybridized carbons (Fsp3) is 0.590. The molecule has 0 heteroatoms. The molecular weight excluding hydrogens is 468 g/mol. The molecule has 0 spiro atoms. The molecule has 0 aromatic heterocycles. The van der Waals surface area contributed by atoms with Crippen LogP contribution < -0.4 is 0 Å². The van der Waals surface area contributed by atoms with E-state index in [9.17, 15) is 0 Å². The predicted molar refractivity (Wildman–Crippen MR) is 168 cm³/mol. The minimum atomic E-state index is 0.139. The summed E-state index contributed by atoms with van der Waals surface area (Å²) in [6.07, 6.45) is 8.03. The maximum absolute atomic E-state index is 2.70. The van der Waals surface area contributed by atoms with Crippen LogP contribution in [0.15, 0.2) is 59.2 Å². The summed E-state index contributed by atoms with van der Waals surface area (Å²) in [5, 5.41) is 0. The van der Waals surface area contributed by atoms with Crippen molar-refractivity contribution in [2.75, 3.05) is 0 Å². The van der Waals surface area contributed by atoms with Crippen LogP contribution in [-0.2, 0) is 10.8 Å². The van der Waals surface area contributed by atoms with E-state index >= 15 is 0 Å². The molecule has 4 unspecified atom stereocenters. The highest BCUT2D eigenvalue weighted by molar-refractivity contribution is 5.81. The number of fused-ring (bicyclic) bond motifs is 5. The molecule has 6 rings (SSSR count). The summed E-state index contributed by atoms with van der Waals surface area (Å²) >= 11 is 0. The van der Waals surface area contributed by atoms with Crippen molar-refractivity contribution >= 4 is 0 Å². The van der Waals surface area contributed by atoms with Crippen molar-refractivity contribution in [1.82, 2.24) is 0 Å². The quantitative estimate of drug-likeness (QED) is 0.351. The summed E-state index contributed by atoms with van der Waals surface area (Å²) in [7, 11) is 0. The first-order valence-electron chi connectivity index (χ1n) is 15.7. The molecule has 4 aliphatic carbocycles. The van der Waals surface area contributed by atoms with Gasteiger partial charge in [-0.25, -0.2) is 0 Å². The molecule has 0 heterocycles. The van der Waals surface area contributed by atoms with E-state index < -0.39 is 0 Å². The lowest BCUT2D eigenvalue weighted by molar-refractivity contribution is 0.118. The summed E-state index contributed by atoms with van der Waals surface area (Å²) < 4.78 is 0. The zero-order valence-electron chi connectivity index (χ0n) is 26.7. The van der Waals surface area contributed by atoms with E-state index in [0.29, 0.717) is 5.92 Å². The lowest BCUT2D eigenvalue weighted by Crippen LogP contribution is -2.37. The van der Waals surface area contributed by atoms with E-state index in [1.165, 1.54) is 47.9 Å². The molecule has 4 atom stereocenters. The highest BCUT2D eigenvalue weighted by Crippen LogP contribution is 2.69. The third-order valence-electron chi connectivity index (χ3n) is 11.3. The molecule has 0 amide bonds. The van der Waals surface area contributed by atoms with Crippen LogP contribution in [0.1, 0.15) is 130 Å². The van der Waals surface area contributed by atoms with Gasteiger partial charge in [0, 0.05) is 11.3 Å². The molecule has 4 aliphatic rings. The maximum Gasteiger partial charge on any atom is 0.0199 e. The largest absolute Gasteiger partial charge is 0.0625 e. The standard InChI is InChI=1S/C39H52/c1-23-12-17-33-31(18-23)32-21-26(38(8,9)10)22-34(32)39(33,11)35-27-15-13-24(36(2,3)4)19-29(27)30-20-25(37(5,6)7)14-16-28(30)35/h13-16,19-20,22-23,31,33,35H,12,17-18,21H2,1-11H3. The van der Waals surface area contributed by atoms with Crippen molar-refractivity contribution in [1.29, 1.82) is 0 Å². The number of hydrogen-bond acceptors (Lipinski definition) is 0. The summed E-state index contributed by atoms with van der Waals surface area (Å²) in [5.74, 6) is 2.76. The number of benzene rings is 2. The Bertz CT molecular complexity index is 1330. The second kappa shape index (κ2) is 8.47. The fourth-order valence-electron chi connectivity index (χ4n) is 8.81. The molecule has 0 radical (unpaired) electrons. The topological polar surface area (TPSA) is 0 Å². The van der Waals surface area contributed by atoms with Crippen LogP contribution in [-0.4, -0.2) is 0 Å². The van der Waals surface area contributed by atoms with Crippen molar-refractivity contribution in [3.05, 3.63) is 81.4 Å². The van der Waals surface area contributed by atoms with E-state index in [1.54, 1.807) is 22.3 Å². The smallest absolute Gasteiger partial charge is 0.0199 e. The SMILES string of the molecule is CC1CCC2C(C1)C1=C(C=C(C(C)(C)C)C1)C2(C)C1c2ccc(C(C)(C)C)cc2-c2cc(C(C)(C)C)ccc21. The fourth-order valence-corrected chi connectivity index (χ4v) is 8.81. The van der Waals surface area contributed by atoms with Crippen LogP contribution in [0.2, 0.25) is 0 Å². The van der Waals surface area contributed by atoms with Gasteiger partial charge in [-0.05, 0) is 92.2 Å². The molecule has 0 nitrogen and oxygen atoms in total. The van der Waals surface area contributed by atoms with Crippen LogP contribution in [0.5, 0.6) is 0 Å². The van der Waals surface area contributed by atoms with Gasteiger partial charge >= 0.3 is 0 Å². The minimum absolute atomic E-state index is 0.139. The molecule has 208 valence electrons. The zero-order valence-corrected chi connectivity index (χ0v) is 26.7. The Balaban J connectivity index is 1.59. The molecule has 1 fully saturated rings. The molecule has 0 aliphatic heterocycles. The zero-order chi connectivity index (χ0) is 28.3. The second-order valence-corrected chi connectivity index (χ2v) is 17.0. The van der Waals surface area contributed by atoms with Crippen molar-refractivity contribution in [2.24, 2.45) is 28.6 Å². The molecule has 0 saturated heterocycles. The third kappa shape index (κ3) is 4.06. The Labute approximate surface area is 239 Å². The summed E-state index contributed by atoms with van der Waals surface area (Å²) in [6, 6.07) is 15.1. The van der Waals surface area contributed by atoms with E-state index in [2.05, 4.69) is 119 Å². The van der Waals surface area contributed by atoms with Gasteiger partial charge < -0.3 is 0 Å². The van der Waals surface area contributed by atoms with Crippen molar-refractivity contribution < 1.29 is 0 Å². The van der Waals surface area contributed by atoms with Gasteiger partial charge in [-0.15, -0.1) is 0 Å². The number of hydrogen-bond donors (Lipinski definition) is 0. The Morgan fingerprint density at radius 3 is 1.74 bits per heavy atom. The van der Waals surface area contributed by atoms with Gasteiger partial charge in [0.2, 0.25) is 0 Å². The van der Waals surface area contributed by atoms with Crippen LogP contribution >= 0.6 is 0 Å². The molecular formula is C39H52. The van der Waals surface area contributed by atoms with E-state index in [-0.39, 0.29) is 21.7 Å². The Kier molecular flexibility index (Phi) is 5.89. The van der Waals surface area contributed by atoms with Crippen molar-refractivity contribution in [3.63, 3.8) is 0 Å². The molecule has 2 aromatic carbocycles. The summed E-state index contributed by atoms with van der Waals surface area (Å²) in [6.45, 7) is 26.6. The maximum atomic E-state index is 2.70. The predicted octanol–water partition coefficient (Wildman–Crippen LogP) is 11.1. The average Bonchev–Trinajstić information content (AvgIpc) is 3.47. The Morgan fingerprint density at radius 2 is 1.26 bits per heavy atom. The van der Waals surface area contributed by atoms with Crippen LogP contribution in [0.3, 0.4) is 0 Å². The lowest BCUT2D eigenvalue weighted by Gasteiger charge is -2.46. The van der Waals surface area contributed by atoms with Crippen molar-refractivity contribution in [2.45, 2.75) is 119 Å². The highest BCUT2D eigenvalue weighted by Gasteiger charge is 2.58. The first-order chi connectivity index (χ1) is 18.0. The van der Waals surface area contributed by atoms with Crippen LogP contribution in [0, 0.1) is 28.6 Å². The first kappa shape index (κ1) is 27.1. The van der Waals surface area contributed by atoms with Gasteiger partial charge in [-0.2, -0.15) is 0 Å². The molecule has 0 N–H and O–H groups in total. The monoisotopic (exact) mass is 520 g/mol. The van der Waals surface area contributed by atoms with E-state index in [0.717, 1.165) is 17.8 Å². The second-order valence-electron chi connectivity index (χ2n) is 17.0. The highest BCUT2D eigenvalue weighted by atomic mass is 14.6. The van der Waals surface area contributed by atoms with Gasteiger partial charge in [0.1, 0.15) is 0 Å². The number of rotatable bonds is 1. The van der Waals surface area contributed by atoms with E-state index in [4.69, 9.17) is 0 Å².